The van der Waals surface area contributed by atoms with Gasteiger partial charge in [-0.2, -0.15) is 0 Å². The van der Waals surface area contributed by atoms with E-state index in [9.17, 15) is 59.7 Å². The maximum absolute atomic E-state index is 13.8. The summed E-state index contributed by atoms with van der Waals surface area (Å²) in [6.45, 7) is -0.245. The Bertz CT molecular complexity index is 2870. The summed E-state index contributed by atoms with van der Waals surface area (Å²) in [5.74, 6) is -2.66. The molecule has 11 N–H and O–H groups in total. The van der Waals surface area contributed by atoms with Gasteiger partial charge in [-0.05, 0) is 59.8 Å². The summed E-state index contributed by atoms with van der Waals surface area (Å²) in [5, 5.41) is 89.2. The highest BCUT2D eigenvalue weighted by atomic mass is 16.8. The van der Waals surface area contributed by atoms with Crippen LogP contribution < -0.4 is 21.3 Å². The molecule has 1 saturated carbocycles. The van der Waals surface area contributed by atoms with Gasteiger partial charge >= 0.3 is 24.4 Å². The third kappa shape index (κ3) is 18.6. The Kier molecular flexibility index (Phi) is 25.6. The fourth-order valence-electron chi connectivity index (χ4n) is 11.3. The minimum absolute atomic E-state index is 0. The minimum Gasteiger partial charge on any atom is -0.445 e. The molecule has 4 amide bonds. The summed E-state index contributed by atoms with van der Waals surface area (Å²) in [5.41, 5.74) is 2.66. The van der Waals surface area contributed by atoms with E-state index in [1.807, 2.05) is 6.07 Å². The minimum atomic E-state index is -2.08. The van der Waals surface area contributed by atoms with E-state index >= 15 is 0 Å². The average molecular weight is 1260 g/mol. The summed E-state index contributed by atoms with van der Waals surface area (Å²) >= 11 is 0. The fourth-order valence-corrected chi connectivity index (χ4v) is 11.3. The third-order valence-electron chi connectivity index (χ3n) is 16.1. The van der Waals surface area contributed by atoms with Crippen molar-refractivity contribution in [3.05, 3.63) is 144 Å². The lowest BCUT2D eigenvalue weighted by molar-refractivity contribution is -0.297. The number of unbranched alkanes of at least 4 members (excludes halogenated alkanes) is 1. The van der Waals surface area contributed by atoms with E-state index in [1.54, 1.807) is 122 Å². The Hall–Kier alpha value is -6.93. The molecule has 90 heavy (non-hydrogen) atoms. The van der Waals surface area contributed by atoms with Crippen molar-refractivity contribution in [1.29, 1.82) is 0 Å². The molecule has 0 aromatic heterocycles. The second-order valence-corrected chi connectivity index (χ2v) is 22.5. The Balaban J connectivity index is 0.0000105. The number of ketones is 1. The molecule has 0 bridgehead atoms. The number of amides is 4. The summed E-state index contributed by atoms with van der Waals surface area (Å²) in [6.07, 6.45) is -26.6. The first-order valence-electron chi connectivity index (χ1n) is 29.7. The van der Waals surface area contributed by atoms with Crippen LogP contribution in [0.5, 0.6) is 0 Å². The zero-order valence-corrected chi connectivity index (χ0v) is 48.7. The fraction of sp³-hybridized carbons (Fsp3) is 0.540. The van der Waals surface area contributed by atoms with Gasteiger partial charge in [0.2, 0.25) is 0 Å². The lowest BCUT2D eigenvalue weighted by Crippen LogP contribution is -2.66. The van der Waals surface area contributed by atoms with E-state index in [0.29, 0.717) is 41.5 Å². The number of epoxide rings is 1. The van der Waals surface area contributed by atoms with Crippen molar-refractivity contribution in [3.8, 4) is 0 Å². The van der Waals surface area contributed by atoms with E-state index in [0.717, 1.165) is 0 Å². The number of aliphatic hydroxyl groups excluding tert-OH is 7. The second kappa shape index (κ2) is 33.4. The Morgan fingerprint density at radius 3 is 1.54 bits per heavy atom. The molecule has 4 heterocycles. The number of rotatable bonds is 27. The van der Waals surface area contributed by atoms with Gasteiger partial charge in [-0.15, -0.1) is 0 Å². The van der Waals surface area contributed by atoms with Gasteiger partial charge in [0, 0.05) is 19.6 Å². The van der Waals surface area contributed by atoms with Gasteiger partial charge in [0.25, 0.3) is 0 Å². The maximum Gasteiger partial charge on any atom is 0.409 e. The number of nitrogens with one attached hydrogen (secondary N) is 4. The number of aliphatic hydroxyl groups is 7. The highest BCUT2D eigenvalue weighted by Gasteiger charge is 2.61. The van der Waals surface area contributed by atoms with Crippen LogP contribution in [0.4, 0.5) is 19.2 Å². The molecule has 0 radical (unpaired) electrons. The molecule has 0 unspecified atom stereocenters. The van der Waals surface area contributed by atoms with Crippen LogP contribution in [0.15, 0.2) is 121 Å². The summed E-state index contributed by atoms with van der Waals surface area (Å²) in [7, 11) is 0. The zero-order valence-electron chi connectivity index (χ0n) is 48.7. The number of ether oxygens (including phenoxy) is 11. The lowest BCUT2D eigenvalue weighted by Gasteiger charge is -2.46. The van der Waals surface area contributed by atoms with E-state index < -0.39 is 172 Å². The highest BCUT2D eigenvalue weighted by Crippen LogP contribution is 2.44. The summed E-state index contributed by atoms with van der Waals surface area (Å²) < 4.78 is 66.1. The number of benzene rings is 4. The monoisotopic (exact) mass is 1260 g/mol. The molecule has 4 aliphatic heterocycles. The molecular weight excluding hydrogens is 1180 g/mol. The Labute approximate surface area is 520 Å². The topological polar surface area (TPSA) is 380 Å². The van der Waals surface area contributed by atoms with Crippen molar-refractivity contribution >= 4 is 30.2 Å². The number of hydrogen-bond acceptors (Lipinski definition) is 23. The van der Waals surface area contributed by atoms with Gasteiger partial charge in [0.05, 0.1) is 24.9 Å². The van der Waals surface area contributed by atoms with Gasteiger partial charge < -0.3 is 104 Å². The van der Waals surface area contributed by atoms with Crippen molar-refractivity contribution < 1.29 is 112 Å². The number of carbonyl (C=O) groups excluding carboxylic acids is 5. The first-order chi connectivity index (χ1) is 43.1. The largest absolute Gasteiger partial charge is 0.445 e. The number of fused-ring (bicyclic) bond motifs is 1. The van der Waals surface area contributed by atoms with Crippen molar-refractivity contribution in [2.75, 3.05) is 19.8 Å². The molecule has 1 aliphatic carbocycles. The van der Waals surface area contributed by atoms with Crippen molar-refractivity contribution in [1.82, 2.24) is 21.3 Å². The third-order valence-corrected chi connectivity index (χ3v) is 16.1. The maximum atomic E-state index is 13.8. The van der Waals surface area contributed by atoms with E-state index in [1.165, 1.54) is 0 Å². The van der Waals surface area contributed by atoms with E-state index in [2.05, 4.69) is 21.3 Å². The van der Waals surface area contributed by atoms with E-state index in [4.69, 9.17) is 52.1 Å². The van der Waals surface area contributed by atoms with Crippen molar-refractivity contribution in [2.24, 2.45) is 11.8 Å². The molecule has 0 spiro atoms. The van der Waals surface area contributed by atoms with Crippen LogP contribution in [0.3, 0.4) is 0 Å². The molecule has 9 rings (SSSR count). The summed E-state index contributed by atoms with van der Waals surface area (Å²) in [6, 6.07) is 32.4. The number of Topliss-reactive ketones (excluding diaryl/α,β-unsaturated/α-hetero) is 1. The molecule has 4 aromatic carbocycles. The molecule has 5 fully saturated rings. The molecule has 492 valence electrons. The van der Waals surface area contributed by atoms with Gasteiger partial charge in [-0.3, -0.25) is 10.1 Å². The average Bonchev–Trinajstić information content (AvgIpc) is 1.62. The van der Waals surface area contributed by atoms with Crippen LogP contribution in [-0.2, 0) is 83.3 Å². The van der Waals surface area contributed by atoms with Crippen LogP contribution in [0.2, 0.25) is 0 Å². The standard InChI is InChI=1S/C62H78N4O23.CH4/c1-34-26-39(27-40(69)55(74)66-62(78)82-33-38-22-12-5-13-23-38)46(70)54(50(34)87-57-45(53-52(86-53)41(83-57)24-14-15-25-67)65-61(77)81-32-37-20-10-4-11-21-37)89-58-49(73)51(43(29-68)85-58)88-56-44(64-60(76)80-31-36-18-8-3-9-19-36)48(72)47(71)42(84-56)28-63-59(75)79-30-35-16-6-2-7-17-35;/h2-13,16-23,34,39,41-58,67-68,70-74H,14-15,24-33H2,1H3,(H,63,75)(H,64,76)(H,65,77)(H,66,78);1H4/t34-,39-,41+,42-,43+,44+,45+,46-,47+,48+,49+,50+,51+,52-,53+,54+,55+,56+,57+,58-;/m0./s1. The SMILES string of the molecule is C.C[C@H]1C[C@@H](CC(=O)[C@@H](O)NC(=O)OCc2ccccc2)[C@H](O)[C@@H](O[C@@H]2O[C@H](CO)[C@@H](O[C@H]3O[C@@H](CNC(=O)OCc4ccccc4)[C@@H](O)[C@H](O)[C@H]3NC(=O)OCc3ccccc3)[C@H]2O)[C@@H]1O[C@H]1O[C@H](CCCCO)[C@@H]2O[C@@H]2[C@H]1NC(=O)OCc1ccccc1. The Morgan fingerprint density at radius 1 is 0.522 bits per heavy atom. The predicted molar refractivity (Wildman–Crippen MR) is 312 cm³/mol. The van der Waals surface area contributed by atoms with E-state index in [-0.39, 0.29) is 46.9 Å². The number of alkyl carbamates (subject to hydrolysis) is 4. The highest BCUT2D eigenvalue weighted by molar-refractivity contribution is 5.86. The summed E-state index contributed by atoms with van der Waals surface area (Å²) in [4.78, 5) is 66.3. The molecule has 4 aromatic rings. The smallest absolute Gasteiger partial charge is 0.409 e. The molecule has 27 heteroatoms. The Morgan fingerprint density at radius 2 is 1.00 bits per heavy atom. The van der Waals surface area contributed by atoms with Gasteiger partial charge in [0.15, 0.2) is 30.9 Å². The molecule has 5 aliphatic rings. The normalized spacial score (nSPS) is 31.3. The first kappa shape index (κ1) is 69.0. The van der Waals surface area contributed by atoms with Gasteiger partial charge in [0.1, 0.15) is 93.4 Å². The molecule has 27 nitrogen and oxygen atoms in total. The van der Waals surface area contributed by atoms with Crippen LogP contribution in [-0.4, -0.2) is 196 Å². The number of hydrogen-bond donors (Lipinski definition) is 11. The number of carbonyl (C=O) groups is 5. The molecule has 20 atom stereocenters. The van der Waals surface area contributed by atoms with Crippen LogP contribution in [0, 0.1) is 11.8 Å². The first-order valence-corrected chi connectivity index (χ1v) is 29.7. The molecular formula is C63H82N4O23. The predicted octanol–water partition coefficient (Wildman–Crippen LogP) is 2.70. The second-order valence-electron chi connectivity index (χ2n) is 22.5. The quantitative estimate of drug-likeness (QED) is 0.0177. The van der Waals surface area contributed by atoms with Crippen LogP contribution >= 0.6 is 0 Å². The van der Waals surface area contributed by atoms with Gasteiger partial charge in [-0.1, -0.05) is 136 Å². The van der Waals surface area contributed by atoms with Gasteiger partial charge in [-0.25, -0.2) is 19.2 Å². The van der Waals surface area contributed by atoms with Crippen LogP contribution in [0.25, 0.3) is 0 Å². The van der Waals surface area contributed by atoms with Crippen molar-refractivity contribution in [3.63, 3.8) is 0 Å². The zero-order chi connectivity index (χ0) is 63.0. The van der Waals surface area contributed by atoms with Crippen LogP contribution in [0.1, 0.15) is 68.7 Å². The van der Waals surface area contributed by atoms with Crippen molar-refractivity contribution in [2.45, 2.75) is 183 Å². The lowest BCUT2D eigenvalue weighted by atomic mass is 9.74. The molecule has 4 saturated heterocycles.